The van der Waals surface area contributed by atoms with E-state index in [0.29, 0.717) is 6.07 Å². The molecule has 0 aromatic carbocycles. The molecule has 0 unspecified atom stereocenters. The molecule has 16 heavy (non-hydrogen) atoms. The van der Waals surface area contributed by atoms with Gasteiger partial charge in [0.15, 0.2) is 0 Å². The van der Waals surface area contributed by atoms with Crippen LogP contribution in [-0.2, 0) is 6.18 Å². The fourth-order valence-corrected chi connectivity index (χ4v) is 1.12. The standard InChI is InChI=1S/C8H7F5N2O/c1-16-4-2-3(8(11,12)13)5(6(9)10)7(14)15-4/h2,6H,1H3,(H2,14,15). The van der Waals surface area contributed by atoms with Gasteiger partial charge in [-0.3, -0.25) is 0 Å². The molecule has 0 fully saturated rings. The maximum Gasteiger partial charge on any atom is 0.417 e. The highest BCUT2D eigenvalue weighted by Gasteiger charge is 2.38. The molecule has 0 spiro atoms. The fourth-order valence-electron chi connectivity index (χ4n) is 1.12. The number of hydrogen-bond acceptors (Lipinski definition) is 3. The van der Waals surface area contributed by atoms with Gasteiger partial charge in [-0.1, -0.05) is 0 Å². The van der Waals surface area contributed by atoms with Gasteiger partial charge in [-0.2, -0.15) is 18.2 Å². The molecule has 0 bridgehead atoms. The third kappa shape index (κ3) is 2.31. The van der Waals surface area contributed by atoms with E-state index in [4.69, 9.17) is 5.73 Å². The number of nitrogen functional groups attached to an aromatic ring is 1. The molecule has 1 heterocycles. The number of nitrogens with zero attached hydrogens (tertiary/aromatic N) is 1. The second-order valence-corrected chi connectivity index (χ2v) is 2.81. The topological polar surface area (TPSA) is 48.1 Å². The van der Waals surface area contributed by atoms with Crippen molar-refractivity contribution in [3.8, 4) is 5.88 Å². The Kier molecular flexibility index (Phi) is 3.20. The molecule has 1 aromatic heterocycles. The van der Waals surface area contributed by atoms with Gasteiger partial charge in [0.2, 0.25) is 5.88 Å². The van der Waals surface area contributed by atoms with E-state index in [1.165, 1.54) is 0 Å². The van der Waals surface area contributed by atoms with E-state index in [-0.39, 0.29) is 0 Å². The van der Waals surface area contributed by atoms with Gasteiger partial charge >= 0.3 is 6.18 Å². The van der Waals surface area contributed by atoms with Crippen LogP contribution in [0.1, 0.15) is 17.6 Å². The summed E-state index contributed by atoms with van der Waals surface area (Å²) in [4.78, 5) is 3.26. The van der Waals surface area contributed by atoms with E-state index < -0.39 is 35.4 Å². The number of methoxy groups -OCH3 is 1. The maximum absolute atomic E-state index is 12.4. The molecule has 0 atom stereocenters. The molecule has 1 aromatic rings. The number of aromatic nitrogens is 1. The molecular formula is C8H7F5N2O. The molecular weight excluding hydrogens is 235 g/mol. The van der Waals surface area contributed by atoms with E-state index in [2.05, 4.69) is 9.72 Å². The minimum absolute atomic E-state index is 0.387. The van der Waals surface area contributed by atoms with Crippen LogP contribution in [0.3, 0.4) is 0 Å². The van der Waals surface area contributed by atoms with Crippen LogP contribution in [0.5, 0.6) is 5.88 Å². The SMILES string of the molecule is COc1cc(C(F)(F)F)c(C(F)F)c(N)n1. The van der Waals surface area contributed by atoms with E-state index >= 15 is 0 Å². The Morgan fingerprint density at radius 1 is 1.38 bits per heavy atom. The fraction of sp³-hybridized carbons (Fsp3) is 0.375. The predicted molar refractivity (Wildman–Crippen MR) is 45.2 cm³/mol. The average Bonchev–Trinajstić information content (AvgIpc) is 2.14. The van der Waals surface area contributed by atoms with Gasteiger partial charge in [-0.15, -0.1) is 0 Å². The Morgan fingerprint density at radius 3 is 2.31 bits per heavy atom. The average molecular weight is 242 g/mol. The van der Waals surface area contributed by atoms with E-state index in [9.17, 15) is 22.0 Å². The Morgan fingerprint density at radius 2 is 1.94 bits per heavy atom. The van der Waals surface area contributed by atoms with Crippen LogP contribution in [0.2, 0.25) is 0 Å². The van der Waals surface area contributed by atoms with Crippen molar-refractivity contribution in [2.45, 2.75) is 12.6 Å². The minimum atomic E-state index is -4.93. The lowest BCUT2D eigenvalue weighted by Crippen LogP contribution is -2.13. The Balaban J connectivity index is 3.47. The second kappa shape index (κ2) is 4.11. The molecule has 0 amide bonds. The molecule has 0 aliphatic heterocycles. The number of pyridine rings is 1. The van der Waals surface area contributed by atoms with Gasteiger partial charge in [0.25, 0.3) is 6.43 Å². The molecule has 3 nitrogen and oxygen atoms in total. The summed E-state index contributed by atoms with van der Waals surface area (Å²) >= 11 is 0. The number of alkyl halides is 5. The summed E-state index contributed by atoms with van der Waals surface area (Å²) in [6.45, 7) is 0. The predicted octanol–water partition coefficient (Wildman–Crippen LogP) is 2.63. The molecule has 90 valence electrons. The van der Waals surface area contributed by atoms with Crippen molar-refractivity contribution < 1.29 is 26.7 Å². The summed E-state index contributed by atoms with van der Waals surface area (Å²) in [6.07, 6.45) is -8.29. The van der Waals surface area contributed by atoms with Gasteiger partial charge < -0.3 is 10.5 Å². The number of rotatable bonds is 2. The Hall–Kier alpha value is -1.60. The van der Waals surface area contributed by atoms with Crippen LogP contribution in [0.4, 0.5) is 27.8 Å². The lowest BCUT2D eigenvalue weighted by molar-refractivity contribution is -0.139. The van der Waals surface area contributed by atoms with Crippen molar-refractivity contribution in [3.05, 3.63) is 17.2 Å². The van der Waals surface area contributed by atoms with Crippen molar-refractivity contribution in [1.82, 2.24) is 4.98 Å². The highest BCUT2D eigenvalue weighted by Crippen LogP contribution is 2.40. The molecule has 0 saturated carbocycles. The van der Waals surface area contributed by atoms with Crippen molar-refractivity contribution in [3.63, 3.8) is 0 Å². The zero-order valence-electron chi connectivity index (χ0n) is 7.98. The summed E-state index contributed by atoms with van der Waals surface area (Å²) in [7, 11) is 1.06. The van der Waals surface area contributed by atoms with Crippen molar-refractivity contribution in [2.24, 2.45) is 0 Å². The summed E-state index contributed by atoms with van der Waals surface area (Å²) in [6, 6.07) is 0.387. The molecule has 0 aliphatic carbocycles. The highest BCUT2D eigenvalue weighted by molar-refractivity contribution is 5.49. The zero-order valence-corrected chi connectivity index (χ0v) is 7.98. The first kappa shape index (κ1) is 12.5. The van der Waals surface area contributed by atoms with Crippen LogP contribution >= 0.6 is 0 Å². The van der Waals surface area contributed by atoms with Gasteiger partial charge in [-0.05, 0) is 0 Å². The van der Waals surface area contributed by atoms with Crippen molar-refractivity contribution >= 4 is 5.82 Å². The summed E-state index contributed by atoms with van der Waals surface area (Å²) in [5.74, 6) is -1.35. The second-order valence-electron chi connectivity index (χ2n) is 2.81. The normalized spacial score (nSPS) is 11.9. The van der Waals surface area contributed by atoms with Crippen LogP contribution in [0.25, 0.3) is 0 Å². The summed E-state index contributed by atoms with van der Waals surface area (Å²) in [5.41, 5.74) is 2.16. The van der Waals surface area contributed by atoms with E-state index in [1.807, 2.05) is 0 Å². The monoisotopic (exact) mass is 242 g/mol. The molecule has 0 radical (unpaired) electrons. The quantitative estimate of drug-likeness (QED) is 0.811. The lowest BCUT2D eigenvalue weighted by atomic mass is 10.1. The number of ether oxygens (including phenoxy) is 1. The first-order valence-electron chi connectivity index (χ1n) is 3.97. The van der Waals surface area contributed by atoms with Gasteiger partial charge in [-0.25, -0.2) is 8.78 Å². The summed E-state index contributed by atoms with van der Waals surface area (Å²) < 4.78 is 66.5. The van der Waals surface area contributed by atoms with Gasteiger partial charge in [0.05, 0.1) is 18.2 Å². The smallest absolute Gasteiger partial charge is 0.417 e. The lowest BCUT2D eigenvalue weighted by Gasteiger charge is -2.14. The van der Waals surface area contributed by atoms with Crippen molar-refractivity contribution in [1.29, 1.82) is 0 Å². The Bertz CT molecular complexity index is 391. The first-order chi connectivity index (χ1) is 7.27. The number of hydrogen-bond donors (Lipinski definition) is 1. The van der Waals surface area contributed by atoms with Crippen LogP contribution in [0.15, 0.2) is 6.07 Å². The van der Waals surface area contributed by atoms with Crippen LogP contribution in [0, 0.1) is 0 Å². The number of anilines is 1. The Labute approximate surface area is 87.0 Å². The van der Waals surface area contributed by atoms with Crippen LogP contribution < -0.4 is 10.5 Å². The van der Waals surface area contributed by atoms with Crippen molar-refractivity contribution in [2.75, 3.05) is 12.8 Å². The third-order valence-electron chi connectivity index (χ3n) is 1.80. The van der Waals surface area contributed by atoms with Crippen LogP contribution in [-0.4, -0.2) is 12.1 Å². The first-order valence-corrected chi connectivity index (χ1v) is 3.97. The minimum Gasteiger partial charge on any atom is -0.481 e. The number of halogens is 5. The number of nitrogens with two attached hydrogens (primary N) is 1. The van der Waals surface area contributed by atoms with Gasteiger partial charge in [0, 0.05) is 6.07 Å². The molecule has 0 aliphatic rings. The molecule has 1 rings (SSSR count). The maximum atomic E-state index is 12.4. The van der Waals surface area contributed by atoms with Gasteiger partial charge in [0.1, 0.15) is 5.82 Å². The van der Waals surface area contributed by atoms with E-state index in [1.54, 1.807) is 0 Å². The largest absolute Gasteiger partial charge is 0.481 e. The van der Waals surface area contributed by atoms with E-state index in [0.717, 1.165) is 7.11 Å². The molecule has 2 N–H and O–H groups in total. The third-order valence-corrected chi connectivity index (χ3v) is 1.80. The molecule has 0 saturated heterocycles. The zero-order chi connectivity index (χ0) is 12.5. The highest BCUT2D eigenvalue weighted by atomic mass is 19.4. The molecule has 8 heteroatoms. The summed E-state index contributed by atoms with van der Waals surface area (Å²) in [5, 5.41) is 0.